The lowest BCUT2D eigenvalue weighted by atomic mass is 10.3. The molecule has 21 heavy (non-hydrogen) atoms. The number of nitrogens with one attached hydrogen (secondary N) is 1. The van der Waals surface area contributed by atoms with Gasteiger partial charge < -0.3 is 5.32 Å². The first-order valence-electron chi connectivity index (χ1n) is 6.34. The highest BCUT2D eigenvalue weighted by Gasteiger charge is 2.08. The van der Waals surface area contributed by atoms with Crippen molar-refractivity contribution < 1.29 is 4.79 Å². The molecule has 3 aromatic heterocycles. The first-order valence-corrected chi connectivity index (χ1v) is 6.34. The van der Waals surface area contributed by atoms with Crippen LogP contribution in [0.25, 0.3) is 5.82 Å². The van der Waals surface area contributed by atoms with Crippen molar-refractivity contribution in [3.63, 3.8) is 0 Å². The van der Waals surface area contributed by atoms with Gasteiger partial charge in [-0.15, -0.1) is 10.2 Å². The molecule has 0 aromatic carbocycles. The fourth-order valence-corrected chi connectivity index (χ4v) is 1.75. The molecule has 0 aliphatic carbocycles. The smallest absolute Gasteiger partial charge is 0.272 e. The Balaban J connectivity index is 1.65. The topological polar surface area (TPSA) is 85.6 Å². The summed E-state index contributed by atoms with van der Waals surface area (Å²) in [5.41, 5.74) is 1.18. The Hall–Kier alpha value is -3.09. The molecule has 0 bridgehead atoms. The molecular weight excluding hydrogens is 268 g/mol. The summed E-state index contributed by atoms with van der Waals surface area (Å²) in [6.07, 6.45) is 6.79. The lowest BCUT2D eigenvalue weighted by Crippen LogP contribution is -2.24. The fourth-order valence-electron chi connectivity index (χ4n) is 1.75. The maximum atomic E-state index is 12.0. The Labute approximate surface area is 120 Å². The zero-order valence-electron chi connectivity index (χ0n) is 11.0. The minimum absolute atomic E-state index is 0.259. The van der Waals surface area contributed by atoms with Crippen LogP contribution in [0.3, 0.4) is 0 Å². The number of hydrogen-bond acceptors (Lipinski definition) is 5. The second kappa shape index (κ2) is 5.91. The van der Waals surface area contributed by atoms with Crippen LogP contribution in [-0.4, -0.2) is 30.9 Å². The van der Waals surface area contributed by atoms with Crippen LogP contribution in [0, 0.1) is 0 Å². The molecule has 0 unspecified atom stereocenters. The zero-order chi connectivity index (χ0) is 14.5. The first kappa shape index (κ1) is 12.9. The van der Waals surface area contributed by atoms with Crippen molar-refractivity contribution >= 4 is 5.91 Å². The molecular formula is C14H12N6O. The van der Waals surface area contributed by atoms with E-state index in [1.165, 1.54) is 0 Å². The van der Waals surface area contributed by atoms with Gasteiger partial charge in [-0.2, -0.15) is 5.10 Å². The molecule has 104 valence electrons. The molecule has 0 atom stereocenters. The zero-order valence-corrected chi connectivity index (χ0v) is 11.0. The highest BCUT2D eigenvalue weighted by Crippen LogP contribution is 2.02. The van der Waals surface area contributed by atoms with Crippen molar-refractivity contribution in [3.05, 3.63) is 66.4 Å². The number of rotatable bonds is 4. The number of hydrogen-bond donors (Lipinski definition) is 1. The van der Waals surface area contributed by atoms with Gasteiger partial charge >= 0.3 is 0 Å². The van der Waals surface area contributed by atoms with Gasteiger partial charge in [-0.3, -0.25) is 9.78 Å². The Morgan fingerprint density at radius 2 is 2.10 bits per heavy atom. The number of pyridine rings is 1. The number of nitrogens with zero attached hydrogens (tertiary/aromatic N) is 5. The van der Waals surface area contributed by atoms with Gasteiger partial charge in [-0.05, 0) is 29.8 Å². The highest BCUT2D eigenvalue weighted by atomic mass is 16.1. The van der Waals surface area contributed by atoms with E-state index in [4.69, 9.17) is 0 Å². The predicted octanol–water partition coefficient (Wildman–Crippen LogP) is 0.987. The van der Waals surface area contributed by atoms with Gasteiger partial charge in [0, 0.05) is 31.3 Å². The van der Waals surface area contributed by atoms with Crippen molar-refractivity contribution in [2.75, 3.05) is 0 Å². The van der Waals surface area contributed by atoms with Gasteiger partial charge in [0.25, 0.3) is 5.91 Å². The van der Waals surface area contributed by atoms with Crippen LogP contribution in [0.5, 0.6) is 0 Å². The quantitative estimate of drug-likeness (QED) is 0.770. The summed E-state index contributed by atoms with van der Waals surface area (Å²) in [5, 5.41) is 14.7. The third-order valence-corrected chi connectivity index (χ3v) is 2.80. The monoisotopic (exact) mass is 280 g/mol. The van der Waals surface area contributed by atoms with Gasteiger partial charge in [0.1, 0.15) is 0 Å². The number of amides is 1. The van der Waals surface area contributed by atoms with Crippen molar-refractivity contribution in [2.24, 2.45) is 0 Å². The average molecular weight is 280 g/mol. The predicted molar refractivity (Wildman–Crippen MR) is 74.6 cm³/mol. The van der Waals surface area contributed by atoms with Crippen molar-refractivity contribution in [1.29, 1.82) is 0 Å². The molecule has 0 radical (unpaired) electrons. The van der Waals surface area contributed by atoms with E-state index in [1.54, 1.807) is 47.7 Å². The Morgan fingerprint density at radius 1 is 1.14 bits per heavy atom. The van der Waals surface area contributed by atoms with Crippen LogP contribution in [0.2, 0.25) is 0 Å². The van der Waals surface area contributed by atoms with Crippen molar-refractivity contribution in [3.8, 4) is 5.82 Å². The summed E-state index contributed by atoms with van der Waals surface area (Å²) >= 11 is 0. The molecule has 7 nitrogen and oxygen atoms in total. The maximum Gasteiger partial charge on any atom is 0.272 e. The molecule has 3 heterocycles. The standard InChI is InChI=1S/C14H12N6O/c21-14(16-10-11-3-1-6-15-9-11)12-4-5-13(19-18-12)20-8-2-7-17-20/h1-9H,10H2,(H,16,21). The number of aromatic nitrogens is 5. The summed E-state index contributed by atoms with van der Waals surface area (Å²) in [6.45, 7) is 0.398. The number of carbonyl (C=O) groups is 1. The van der Waals surface area contributed by atoms with Gasteiger partial charge in [0.05, 0.1) is 0 Å². The molecule has 0 saturated carbocycles. The summed E-state index contributed by atoms with van der Waals surface area (Å²) in [5.74, 6) is 0.280. The first-order chi connectivity index (χ1) is 10.3. The van der Waals surface area contributed by atoms with Crippen molar-refractivity contribution in [1.82, 2.24) is 30.3 Å². The highest BCUT2D eigenvalue weighted by molar-refractivity contribution is 5.92. The van der Waals surface area contributed by atoms with Gasteiger partial charge in [0.2, 0.25) is 0 Å². The van der Waals surface area contributed by atoms with Gasteiger partial charge in [-0.25, -0.2) is 4.68 Å². The minimum atomic E-state index is -0.279. The van der Waals surface area contributed by atoms with Crippen LogP contribution in [0.15, 0.2) is 55.1 Å². The molecule has 3 aromatic rings. The molecule has 0 aliphatic heterocycles. The lowest BCUT2D eigenvalue weighted by Gasteiger charge is -2.04. The normalized spacial score (nSPS) is 10.3. The second-order valence-electron chi connectivity index (χ2n) is 4.27. The van der Waals surface area contributed by atoms with Crippen molar-refractivity contribution in [2.45, 2.75) is 6.54 Å². The second-order valence-corrected chi connectivity index (χ2v) is 4.27. The number of carbonyl (C=O) groups excluding carboxylic acids is 1. The van der Waals surface area contributed by atoms with E-state index in [1.807, 2.05) is 12.1 Å². The average Bonchev–Trinajstić information content (AvgIpc) is 3.08. The molecule has 0 fully saturated rings. The van der Waals surface area contributed by atoms with Crippen LogP contribution in [0.4, 0.5) is 0 Å². The minimum Gasteiger partial charge on any atom is -0.347 e. The molecule has 0 aliphatic rings. The van der Waals surface area contributed by atoms with Crippen LogP contribution < -0.4 is 5.32 Å². The summed E-state index contributed by atoms with van der Waals surface area (Å²) in [6, 6.07) is 8.80. The SMILES string of the molecule is O=C(NCc1cccnc1)c1ccc(-n2cccn2)nn1. The third kappa shape index (κ3) is 3.08. The summed E-state index contributed by atoms with van der Waals surface area (Å²) in [7, 11) is 0. The summed E-state index contributed by atoms with van der Waals surface area (Å²) in [4.78, 5) is 15.9. The molecule has 0 spiro atoms. The molecule has 0 saturated heterocycles. The van der Waals surface area contributed by atoms with Gasteiger partial charge in [0.15, 0.2) is 11.5 Å². The van der Waals surface area contributed by atoms with Crippen LogP contribution in [0.1, 0.15) is 16.1 Å². The van der Waals surface area contributed by atoms with E-state index in [0.29, 0.717) is 12.4 Å². The Bertz CT molecular complexity index is 709. The molecule has 7 heteroatoms. The lowest BCUT2D eigenvalue weighted by molar-refractivity contribution is 0.0945. The van der Waals surface area contributed by atoms with E-state index >= 15 is 0 Å². The van der Waals surface area contributed by atoms with E-state index in [9.17, 15) is 4.79 Å². The fraction of sp³-hybridized carbons (Fsp3) is 0.0714. The summed E-state index contributed by atoms with van der Waals surface area (Å²) < 4.78 is 1.57. The molecule has 1 N–H and O–H groups in total. The molecule has 3 rings (SSSR count). The van der Waals surface area contributed by atoms with Crippen LogP contribution >= 0.6 is 0 Å². The largest absolute Gasteiger partial charge is 0.347 e. The maximum absolute atomic E-state index is 12.0. The van der Waals surface area contributed by atoms with Crippen LogP contribution in [-0.2, 0) is 6.54 Å². The van der Waals surface area contributed by atoms with E-state index in [-0.39, 0.29) is 11.6 Å². The third-order valence-electron chi connectivity index (χ3n) is 2.80. The van der Waals surface area contributed by atoms with Gasteiger partial charge in [-0.1, -0.05) is 6.07 Å². The Kier molecular flexibility index (Phi) is 3.64. The van der Waals surface area contributed by atoms with E-state index < -0.39 is 0 Å². The van der Waals surface area contributed by atoms with E-state index in [2.05, 4.69) is 25.6 Å². The molecule has 1 amide bonds. The van der Waals surface area contributed by atoms with E-state index in [0.717, 1.165) is 5.56 Å². The Morgan fingerprint density at radius 3 is 2.76 bits per heavy atom.